The lowest BCUT2D eigenvalue weighted by atomic mass is 10.4. The van der Waals surface area contributed by atoms with Gasteiger partial charge in [0.25, 0.3) is 0 Å². The van der Waals surface area contributed by atoms with Gasteiger partial charge in [-0.05, 0) is 22.0 Å². The van der Waals surface area contributed by atoms with Crippen LogP contribution in [0.4, 0.5) is 10.2 Å². The fraction of sp³-hybridized carbons (Fsp3) is 0.333. The van der Waals surface area contributed by atoms with E-state index in [1.54, 1.807) is 0 Å². The van der Waals surface area contributed by atoms with E-state index in [1.165, 1.54) is 7.05 Å². The molecule has 0 fully saturated rings. The first-order chi connectivity index (χ1) is 8.20. The minimum atomic E-state index is -3.43. The van der Waals surface area contributed by atoms with Crippen LogP contribution >= 0.6 is 15.9 Å². The lowest BCUT2D eigenvalue weighted by molar-refractivity contribution is -0.116. The highest BCUT2D eigenvalue weighted by atomic mass is 79.9. The van der Waals surface area contributed by atoms with E-state index in [2.05, 4.69) is 26.2 Å². The Balaban J connectivity index is 2.71. The van der Waals surface area contributed by atoms with Crippen LogP contribution in [-0.4, -0.2) is 43.5 Å². The minimum Gasteiger partial charge on any atom is -0.309 e. The van der Waals surface area contributed by atoms with E-state index in [9.17, 15) is 17.6 Å². The second kappa shape index (κ2) is 5.72. The summed E-state index contributed by atoms with van der Waals surface area (Å²) >= 11 is 3.03. The molecule has 0 aliphatic heterocycles. The number of carbonyl (C=O) groups excluding carboxylic acids is 1. The molecule has 100 valence electrons. The maximum absolute atomic E-state index is 12.8. The Morgan fingerprint density at radius 1 is 1.61 bits per heavy atom. The number of carbonyl (C=O) groups is 1. The molecule has 0 bridgehead atoms. The second-order valence-corrected chi connectivity index (χ2v) is 6.49. The molecule has 0 aliphatic carbocycles. The third-order valence-corrected chi connectivity index (χ3v) is 3.86. The number of pyridine rings is 1. The quantitative estimate of drug-likeness (QED) is 0.880. The van der Waals surface area contributed by atoms with Crippen LogP contribution in [0.5, 0.6) is 0 Å². The largest absolute Gasteiger partial charge is 0.309 e. The number of nitrogens with zero attached hydrogens (tertiary/aromatic N) is 2. The van der Waals surface area contributed by atoms with Gasteiger partial charge >= 0.3 is 0 Å². The van der Waals surface area contributed by atoms with E-state index in [0.29, 0.717) is 0 Å². The molecule has 0 spiro atoms. The predicted molar refractivity (Wildman–Crippen MR) is 68.0 cm³/mol. The number of likely N-dealkylation sites (N-methyl/N-ethyl adjacent to an activating group) is 1. The number of hydrogen-bond acceptors (Lipinski definition) is 4. The van der Waals surface area contributed by atoms with Crippen molar-refractivity contribution in [3.63, 3.8) is 0 Å². The average molecular weight is 340 g/mol. The first kappa shape index (κ1) is 15.0. The lowest BCUT2D eigenvalue weighted by Crippen LogP contribution is -2.34. The van der Waals surface area contributed by atoms with E-state index < -0.39 is 21.7 Å². The number of nitrogens with one attached hydrogen (secondary N) is 1. The van der Waals surface area contributed by atoms with E-state index in [0.717, 1.165) is 22.8 Å². The van der Waals surface area contributed by atoms with Gasteiger partial charge in [-0.2, -0.15) is 4.31 Å². The topological polar surface area (TPSA) is 79.4 Å². The van der Waals surface area contributed by atoms with E-state index in [1.807, 2.05) is 0 Å². The van der Waals surface area contributed by atoms with Crippen LogP contribution in [0, 0.1) is 5.82 Å². The number of halogens is 2. The van der Waals surface area contributed by atoms with Crippen molar-refractivity contribution >= 4 is 37.7 Å². The van der Waals surface area contributed by atoms with Gasteiger partial charge in [0.05, 0.1) is 23.5 Å². The summed E-state index contributed by atoms with van der Waals surface area (Å²) in [5.74, 6) is -0.987. The zero-order valence-electron chi connectivity index (χ0n) is 9.65. The zero-order valence-corrected chi connectivity index (χ0v) is 12.0. The Morgan fingerprint density at radius 2 is 2.22 bits per heavy atom. The number of anilines is 1. The van der Waals surface area contributed by atoms with Gasteiger partial charge in [-0.3, -0.25) is 4.79 Å². The van der Waals surface area contributed by atoms with Gasteiger partial charge in [0, 0.05) is 7.05 Å². The first-order valence-electron chi connectivity index (χ1n) is 4.72. The lowest BCUT2D eigenvalue weighted by Gasteiger charge is -2.13. The van der Waals surface area contributed by atoms with Crippen molar-refractivity contribution in [2.75, 3.05) is 25.2 Å². The molecule has 0 radical (unpaired) electrons. The maximum atomic E-state index is 12.8. The highest BCUT2D eigenvalue weighted by Gasteiger charge is 2.16. The van der Waals surface area contributed by atoms with E-state index in [4.69, 9.17) is 0 Å². The molecule has 1 aromatic rings. The summed E-state index contributed by atoms with van der Waals surface area (Å²) in [5.41, 5.74) is 0. The molecule has 0 saturated carbocycles. The third-order valence-electron chi connectivity index (χ3n) is 2.00. The van der Waals surface area contributed by atoms with Crippen LogP contribution in [0.1, 0.15) is 0 Å². The van der Waals surface area contributed by atoms with Crippen molar-refractivity contribution in [3.8, 4) is 0 Å². The molecule has 9 heteroatoms. The normalized spacial score (nSPS) is 11.6. The molecule has 18 heavy (non-hydrogen) atoms. The third kappa shape index (κ3) is 4.31. The summed E-state index contributed by atoms with van der Waals surface area (Å²) in [6, 6.07) is 1.14. The van der Waals surface area contributed by atoms with Gasteiger partial charge in [-0.15, -0.1) is 0 Å². The zero-order chi connectivity index (χ0) is 13.9. The number of amides is 1. The van der Waals surface area contributed by atoms with Crippen molar-refractivity contribution in [1.29, 1.82) is 0 Å². The monoisotopic (exact) mass is 339 g/mol. The molecule has 0 unspecified atom stereocenters. The molecule has 1 aromatic heterocycles. The van der Waals surface area contributed by atoms with E-state index in [-0.39, 0.29) is 16.8 Å². The van der Waals surface area contributed by atoms with Crippen LogP contribution in [0.25, 0.3) is 0 Å². The molecular weight excluding hydrogens is 329 g/mol. The van der Waals surface area contributed by atoms with Gasteiger partial charge in [0.2, 0.25) is 15.9 Å². The van der Waals surface area contributed by atoms with Gasteiger partial charge in [0.15, 0.2) is 0 Å². The number of rotatable bonds is 4. The van der Waals surface area contributed by atoms with Crippen molar-refractivity contribution in [2.45, 2.75) is 0 Å². The summed E-state index contributed by atoms with van der Waals surface area (Å²) in [5, 5.41) is 2.37. The smallest absolute Gasteiger partial charge is 0.240 e. The summed E-state index contributed by atoms with van der Waals surface area (Å²) in [7, 11) is -2.15. The van der Waals surface area contributed by atoms with Crippen LogP contribution in [-0.2, 0) is 14.8 Å². The molecule has 0 saturated heterocycles. The standard InChI is InChI=1S/C9H11BrFN3O3S/c1-14(18(2,16)17)5-8(15)13-9-7(10)3-6(11)4-12-9/h3-4H,5H2,1-2H3,(H,12,13,15). The summed E-state index contributed by atoms with van der Waals surface area (Å²) < 4.78 is 36.1. The van der Waals surface area contributed by atoms with Gasteiger partial charge < -0.3 is 5.32 Å². The van der Waals surface area contributed by atoms with Crippen LogP contribution in [0.3, 0.4) is 0 Å². The minimum absolute atomic E-state index is 0.128. The van der Waals surface area contributed by atoms with Crippen LogP contribution in [0.15, 0.2) is 16.7 Å². The number of aromatic nitrogens is 1. The van der Waals surface area contributed by atoms with Crippen molar-refractivity contribution < 1.29 is 17.6 Å². The second-order valence-electron chi connectivity index (χ2n) is 3.55. The molecular formula is C9H11BrFN3O3S. The molecule has 0 atom stereocenters. The summed E-state index contributed by atoms with van der Waals surface area (Å²) in [6.07, 6.45) is 1.94. The fourth-order valence-corrected chi connectivity index (χ4v) is 1.77. The van der Waals surface area contributed by atoms with Crippen molar-refractivity contribution in [3.05, 3.63) is 22.6 Å². The predicted octanol–water partition coefficient (Wildman–Crippen LogP) is 0.813. The first-order valence-corrected chi connectivity index (χ1v) is 7.36. The van der Waals surface area contributed by atoms with Crippen molar-refractivity contribution in [1.82, 2.24) is 9.29 Å². The average Bonchev–Trinajstić information content (AvgIpc) is 2.20. The van der Waals surface area contributed by atoms with Gasteiger partial charge in [-0.1, -0.05) is 0 Å². The molecule has 6 nitrogen and oxygen atoms in total. The van der Waals surface area contributed by atoms with Crippen LogP contribution in [0.2, 0.25) is 0 Å². The van der Waals surface area contributed by atoms with Crippen LogP contribution < -0.4 is 5.32 Å². The fourth-order valence-electron chi connectivity index (χ4n) is 0.998. The summed E-state index contributed by atoms with van der Waals surface area (Å²) in [4.78, 5) is 15.2. The summed E-state index contributed by atoms with van der Waals surface area (Å²) in [6.45, 7) is -0.343. The number of sulfonamides is 1. The van der Waals surface area contributed by atoms with Gasteiger partial charge in [-0.25, -0.2) is 17.8 Å². The number of hydrogen-bond donors (Lipinski definition) is 1. The Labute approximate surface area is 112 Å². The van der Waals surface area contributed by atoms with Crippen molar-refractivity contribution in [2.24, 2.45) is 0 Å². The highest BCUT2D eigenvalue weighted by Crippen LogP contribution is 2.19. The Kier molecular flexibility index (Phi) is 4.77. The van der Waals surface area contributed by atoms with Gasteiger partial charge in [0.1, 0.15) is 11.6 Å². The molecule has 0 aromatic carbocycles. The Bertz CT molecular complexity index is 564. The SMILES string of the molecule is CN(CC(=O)Nc1ncc(F)cc1Br)S(C)(=O)=O. The molecule has 1 amide bonds. The van der Waals surface area contributed by atoms with E-state index >= 15 is 0 Å². The Hall–Kier alpha value is -1.06. The molecule has 1 rings (SSSR count). The molecule has 1 N–H and O–H groups in total. The highest BCUT2D eigenvalue weighted by molar-refractivity contribution is 9.10. The maximum Gasteiger partial charge on any atom is 0.240 e. The molecule has 1 heterocycles. The Morgan fingerprint density at radius 3 is 2.72 bits per heavy atom. The molecule has 0 aliphatic rings.